The number of tetrazole rings is 1. The first-order valence-corrected chi connectivity index (χ1v) is 13.0. The molecule has 5 rings (SSSR count). The minimum absolute atomic E-state index is 0.0796. The summed E-state index contributed by atoms with van der Waals surface area (Å²) >= 11 is 5.99. The van der Waals surface area contributed by atoms with E-state index in [4.69, 9.17) is 25.5 Å². The van der Waals surface area contributed by atoms with E-state index in [1.807, 2.05) is 26.8 Å². The van der Waals surface area contributed by atoms with Crippen LogP contribution in [-0.2, 0) is 22.7 Å². The topological polar surface area (TPSA) is 125 Å². The smallest absolute Gasteiger partial charge is 0.251 e. The van der Waals surface area contributed by atoms with Gasteiger partial charge in [-0.05, 0) is 87.0 Å². The third-order valence-electron chi connectivity index (χ3n) is 6.03. The maximum Gasteiger partial charge on any atom is 0.251 e. The number of halogens is 1. The Balaban J connectivity index is 1.48. The van der Waals surface area contributed by atoms with Gasteiger partial charge in [0.2, 0.25) is 18.5 Å². The van der Waals surface area contributed by atoms with Gasteiger partial charge in [0.25, 0.3) is 5.91 Å². The number of hydrogen-bond donors (Lipinski definition) is 1. The van der Waals surface area contributed by atoms with Crippen molar-refractivity contribution >= 4 is 23.4 Å². The molecule has 1 atom stereocenters. The summed E-state index contributed by atoms with van der Waals surface area (Å²) in [6.45, 7) is 7.34. The molecular formula is C28H29ClN6O5. The Bertz CT molecular complexity index is 1520. The van der Waals surface area contributed by atoms with Crippen LogP contribution in [0.3, 0.4) is 0 Å². The third-order valence-corrected chi connectivity index (χ3v) is 6.28. The lowest BCUT2D eigenvalue weighted by Crippen LogP contribution is -2.49. The normalized spacial score (nSPS) is 13.2. The van der Waals surface area contributed by atoms with Crippen molar-refractivity contribution < 1.29 is 23.5 Å². The van der Waals surface area contributed by atoms with Gasteiger partial charge in [-0.1, -0.05) is 17.7 Å². The Morgan fingerprint density at radius 3 is 2.52 bits per heavy atom. The first kappa shape index (κ1) is 27.2. The van der Waals surface area contributed by atoms with Gasteiger partial charge in [0.15, 0.2) is 17.5 Å². The number of fused-ring (bicyclic) bond motifs is 1. The van der Waals surface area contributed by atoms with Crippen LogP contribution in [0.25, 0.3) is 11.4 Å². The number of aromatic nitrogens is 4. The Hall–Kier alpha value is -4.38. The summed E-state index contributed by atoms with van der Waals surface area (Å²) in [5.41, 5.74) is 0.891. The molecule has 40 heavy (non-hydrogen) atoms. The Morgan fingerprint density at radius 2 is 1.82 bits per heavy atom. The van der Waals surface area contributed by atoms with Gasteiger partial charge >= 0.3 is 0 Å². The summed E-state index contributed by atoms with van der Waals surface area (Å²) < 4.78 is 16.8. The van der Waals surface area contributed by atoms with Gasteiger partial charge in [-0.15, -0.1) is 10.2 Å². The molecule has 4 aromatic rings. The molecule has 1 aliphatic rings. The molecule has 0 unspecified atom stereocenters. The molecule has 0 spiro atoms. The molecule has 2 amide bonds. The van der Waals surface area contributed by atoms with Crippen LogP contribution < -0.4 is 14.8 Å². The van der Waals surface area contributed by atoms with Gasteiger partial charge in [0, 0.05) is 22.7 Å². The summed E-state index contributed by atoms with van der Waals surface area (Å²) in [6, 6.07) is 14.8. The number of benzene rings is 2. The predicted molar refractivity (Wildman–Crippen MR) is 145 cm³/mol. The molecule has 2 aromatic carbocycles. The second-order valence-corrected chi connectivity index (χ2v) is 10.9. The molecule has 11 nitrogen and oxygen atoms in total. The summed E-state index contributed by atoms with van der Waals surface area (Å²) in [5, 5.41) is 16.1. The van der Waals surface area contributed by atoms with Crippen LogP contribution in [0, 0.1) is 6.92 Å². The number of rotatable bonds is 8. The summed E-state index contributed by atoms with van der Waals surface area (Å²) in [5.74, 6) is 1.68. The van der Waals surface area contributed by atoms with Crippen LogP contribution in [0.15, 0.2) is 59.0 Å². The lowest BCUT2D eigenvalue weighted by Gasteiger charge is -2.32. The number of hydrogen-bond acceptors (Lipinski definition) is 8. The molecular weight excluding hydrogens is 536 g/mol. The highest BCUT2D eigenvalue weighted by molar-refractivity contribution is 6.30. The van der Waals surface area contributed by atoms with E-state index in [0.717, 1.165) is 5.56 Å². The van der Waals surface area contributed by atoms with E-state index < -0.39 is 17.5 Å². The zero-order valence-electron chi connectivity index (χ0n) is 22.6. The average molecular weight is 565 g/mol. The van der Waals surface area contributed by atoms with Crippen molar-refractivity contribution in [3.8, 4) is 22.9 Å². The number of carbonyl (C=O) groups excluding carboxylic acids is 2. The predicted octanol–water partition coefficient (Wildman–Crippen LogP) is 4.31. The second kappa shape index (κ2) is 11.0. The fourth-order valence-electron chi connectivity index (χ4n) is 4.26. The summed E-state index contributed by atoms with van der Waals surface area (Å²) in [6.07, 6.45) is 0. The number of nitrogens with one attached hydrogen (secondary N) is 1. The zero-order chi connectivity index (χ0) is 28.4. The third kappa shape index (κ3) is 6.26. The molecule has 0 saturated heterocycles. The maximum atomic E-state index is 13.9. The Labute approximate surface area is 236 Å². The van der Waals surface area contributed by atoms with Crippen LogP contribution >= 0.6 is 11.6 Å². The minimum Gasteiger partial charge on any atom is -0.464 e. The number of nitrogens with zero attached hydrogens (tertiary/aromatic N) is 5. The molecule has 0 saturated carbocycles. The Kier molecular flexibility index (Phi) is 7.49. The SMILES string of the molecule is Cc1ccc([C@H](C(=O)NC(C)(C)C)N(Cc2ccc3c(c2)OCO3)C(=O)Cn2nnc(-c3ccc(Cl)cc3)n2)o1. The van der Waals surface area contributed by atoms with Crippen LogP contribution in [0.4, 0.5) is 0 Å². The van der Waals surface area contributed by atoms with Gasteiger partial charge in [0.05, 0.1) is 0 Å². The van der Waals surface area contributed by atoms with Crippen LogP contribution in [0.5, 0.6) is 11.5 Å². The van der Waals surface area contributed by atoms with Gasteiger partial charge in [0.1, 0.15) is 18.1 Å². The highest BCUT2D eigenvalue weighted by Gasteiger charge is 2.36. The first-order chi connectivity index (χ1) is 19.1. The molecule has 12 heteroatoms. The van der Waals surface area contributed by atoms with Crippen molar-refractivity contribution in [3.05, 3.63) is 76.7 Å². The number of furan rings is 1. The molecule has 0 radical (unpaired) electrons. The van der Waals surface area contributed by atoms with E-state index in [9.17, 15) is 9.59 Å². The van der Waals surface area contributed by atoms with Crippen LogP contribution in [0.1, 0.15) is 43.9 Å². The fraction of sp³-hybridized carbons (Fsp3) is 0.321. The van der Waals surface area contributed by atoms with Crippen molar-refractivity contribution in [1.29, 1.82) is 0 Å². The molecule has 0 aliphatic carbocycles. The van der Waals surface area contributed by atoms with E-state index in [-0.39, 0.29) is 25.8 Å². The summed E-state index contributed by atoms with van der Waals surface area (Å²) in [4.78, 5) is 30.3. The lowest BCUT2D eigenvalue weighted by molar-refractivity contribution is -0.143. The number of carbonyl (C=O) groups is 2. The van der Waals surface area contributed by atoms with Crippen molar-refractivity contribution in [2.24, 2.45) is 0 Å². The van der Waals surface area contributed by atoms with Crippen molar-refractivity contribution in [2.45, 2.75) is 52.4 Å². The molecule has 1 aliphatic heterocycles. The number of ether oxygens (including phenoxy) is 2. The molecule has 208 valence electrons. The van der Waals surface area contributed by atoms with Gasteiger partial charge in [-0.25, -0.2) is 0 Å². The quantitative estimate of drug-likeness (QED) is 0.336. The van der Waals surface area contributed by atoms with E-state index in [1.165, 1.54) is 9.70 Å². The highest BCUT2D eigenvalue weighted by Crippen LogP contribution is 2.34. The van der Waals surface area contributed by atoms with Gasteiger partial charge < -0.3 is 24.1 Å². The van der Waals surface area contributed by atoms with Gasteiger partial charge in [-0.3, -0.25) is 9.59 Å². The van der Waals surface area contributed by atoms with Crippen molar-refractivity contribution in [1.82, 2.24) is 30.4 Å². The lowest BCUT2D eigenvalue weighted by atomic mass is 10.1. The molecule has 0 fully saturated rings. The van der Waals surface area contributed by atoms with Crippen molar-refractivity contribution in [2.75, 3.05) is 6.79 Å². The number of aryl methyl sites for hydroxylation is 1. The molecule has 1 N–H and O–H groups in total. The van der Waals surface area contributed by atoms with Crippen LogP contribution in [0.2, 0.25) is 5.02 Å². The minimum atomic E-state index is -1.06. The van der Waals surface area contributed by atoms with E-state index in [0.29, 0.717) is 39.4 Å². The number of amides is 2. The van der Waals surface area contributed by atoms with Crippen LogP contribution in [-0.4, -0.2) is 49.3 Å². The van der Waals surface area contributed by atoms with E-state index in [1.54, 1.807) is 55.5 Å². The van der Waals surface area contributed by atoms with Gasteiger partial charge in [-0.2, -0.15) is 4.80 Å². The molecule has 2 aromatic heterocycles. The monoisotopic (exact) mass is 564 g/mol. The van der Waals surface area contributed by atoms with Crippen molar-refractivity contribution in [3.63, 3.8) is 0 Å². The van der Waals surface area contributed by atoms with E-state index in [2.05, 4.69) is 20.7 Å². The molecule has 3 heterocycles. The largest absolute Gasteiger partial charge is 0.464 e. The maximum absolute atomic E-state index is 13.9. The highest BCUT2D eigenvalue weighted by atomic mass is 35.5. The zero-order valence-corrected chi connectivity index (χ0v) is 23.3. The summed E-state index contributed by atoms with van der Waals surface area (Å²) in [7, 11) is 0. The molecule has 0 bridgehead atoms. The Morgan fingerprint density at radius 1 is 1.07 bits per heavy atom. The second-order valence-electron chi connectivity index (χ2n) is 10.4. The fourth-order valence-corrected chi connectivity index (χ4v) is 4.38. The first-order valence-electron chi connectivity index (χ1n) is 12.7. The standard InChI is InChI=1S/C28H29ClN6O5/c1-17-5-11-22(40-17)25(27(37)30-28(2,3)4)34(14-18-6-12-21-23(13-18)39-16-38-21)24(36)15-35-32-26(31-33-35)19-7-9-20(29)10-8-19/h5-13,25H,14-16H2,1-4H3,(H,30,37)/t25-/m1/s1. The van der Waals surface area contributed by atoms with E-state index >= 15 is 0 Å². The average Bonchev–Trinajstić information content (AvgIpc) is 3.64.